The van der Waals surface area contributed by atoms with Crippen molar-refractivity contribution in [1.82, 2.24) is 15.3 Å². The average molecular weight is 473 g/mol. The fourth-order valence-corrected chi connectivity index (χ4v) is 3.80. The first-order valence-corrected chi connectivity index (χ1v) is 12.0. The van der Waals surface area contributed by atoms with E-state index in [4.69, 9.17) is 9.29 Å². The van der Waals surface area contributed by atoms with Crippen LogP contribution in [0.3, 0.4) is 0 Å². The van der Waals surface area contributed by atoms with Crippen molar-refractivity contribution in [3.8, 4) is 5.75 Å². The van der Waals surface area contributed by atoms with E-state index < -0.39 is 10.3 Å². The molecule has 0 spiro atoms. The Morgan fingerprint density at radius 3 is 2.36 bits per heavy atom. The number of aromatic amines is 1. The molecule has 0 aliphatic carbocycles. The van der Waals surface area contributed by atoms with Crippen LogP contribution in [-0.2, 0) is 34.4 Å². The molecule has 0 fully saturated rings. The first-order valence-electron chi connectivity index (χ1n) is 10.6. The van der Waals surface area contributed by atoms with Crippen molar-refractivity contribution in [2.24, 2.45) is 0 Å². The van der Waals surface area contributed by atoms with Gasteiger partial charge in [-0.15, -0.1) is 0 Å². The quantitative estimate of drug-likeness (QED) is 0.317. The minimum Gasteiger partial charge on any atom is -0.497 e. The van der Waals surface area contributed by atoms with Gasteiger partial charge in [-0.1, -0.05) is 31.2 Å². The highest BCUT2D eigenvalue weighted by molar-refractivity contribution is 7.87. The molecule has 1 amide bonds. The first-order chi connectivity index (χ1) is 15.8. The van der Waals surface area contributed by atoms with E-state index >= 15 is 0 Å². The van der Waals surface area contributed by atoms with Gasteiger partial charge in [0.05, 0.1) is 24.5 Å². The number of ether oxygens (including phenoxy) is 1. The second-order valence-corrected chi connectivity index (χ2v) is 8.73. The van der Waals surface area contributed by atoms with Gasteiger partial charge in [-0.2, -0.15) is 8.42 Å². The smallest absolute Gasteiger partial charge is 0.357 e. The zero-order valence-corrected chi connectivity index (χ0v) is 19.4. The van der Waals surface area contributed by atoms with Crippen molar-refractivity contribution in [3.63, 3.8) is 0 Å². The molecule has 10 heteroatoms. The number of anilines is 1. The van der Waals surface area contributed by atoms with Gasteiger partial charge in [0, 0.05) is 12.6 Å². The summed E-state index contributed by atoms with van der Waals surface area (Å²) in [5.74, 6) is 1.32. The molecule has 0 saturated heterocycles. The summed E-state index contributed by atoms with van der Waals surface area (Å²) >= 11 is 0. The number of hydrogen-bond acceptors (Lipinski definition) is 5. The minimum absolute atomic E-state index is 0.102. The molecule has 9 nitrogen and oxygen atoms in total. The van der Waals surface area contributed by atoms with Gasteiger partial charge in [0.1, 0.15) is 11.6 Å². The van der Waals surface area contributed by atoms with Crippen LogP contribution in [0.2, 0.25) is 0 Å². The Kier molecular flexibility index (Phi) is 8.07. The zero-order chi connectivity index (χ0) is 23.8. The lowest BCUT2D eigenvalue weighted by molar-refractivity contribution is -0.121. The van der Waals surface area contributed by atoms with E-state index in [1.807, 2.05) is 42.1 Å². The van der Waals surface area contributed by atoms with Crippen LogP contribution in [0.15, 0.2) is 54.7 Å². The number of nitrogens with zero attached hydrogens (tertiary/aromatic N) is 1. The van der Waals surface area contributed by atoms with Crippen LogP contribution in [0.25, 0.3) is 0 Å². The van der Waals surface area contributed by atoms with Gasteiger partial charge in [-0.3, -0.25) is 14.1 Å². The molecule has 2 aromatic carbocycles. The summed E-state index contributed by atoms with van der Waals surface area (Å²) in [6.45, 7) is 2.00. The number of H-pyrrole nitrogens is 1. The molecule has 33 heavy (non-hydrogen) atoms. The number of methoxy groups -OCH3 is 1. The van der Waals surface area contributed by atoms with Gasteiger partial charge in [0.25, 0.3) is 0 Å². The van der Waals surface area contributed by atoms with Crippen molar-refractivity contribution in [1.29, 1.82) is 0 Å². The Hall–Kier alpha value is -3.37. The molecule has 3 rings (SSSR count). The zero-order valence-electron chi connectivity index (χ0n) is 18.5. The van der Waals surface area contributed by atoms with Gasteiger partial charge in [-0.05, 0) is 54.7 Å². The predicted molar refractivity (Wildman–Crippen MR) is 125 cm³/mol. The van der Waals surface area contributed by atoms with Crippen LogP contribution in [0.4, 0.5) is 5.69 Å². The van der Waals surface area contributed by atoms with Crippen molar-refractivity contribution in [3.05, 3.63) is 77.4 Å². The third-order valence-corrected chi connectivity index (χ3v) is 5.61. The molecule has 0 aliphatic rings. The Labute approximate surface area is 193 Å². The molecule has 1 atom stereocenters. The van der Waals surface area contributed by atoms with E-state index in [1.165, 1.54) is 0 Å². The maximum atomic E-state index is 12.7. The summed E-state index contributed by atoms with van der Waals surface area (Å²) in [6, 6.07) is 13.8. The van der Waals surface area contributed by atoms with E-state index in [2.05, 4.69) is 15.3 Å². The Morgan fingerprint density at radius 2 is 1.79 bits per heavy atom. The number of rotatable bonds is 11. The molecule has 0 aliphatic heterocycles. The Morgan fingerprint density at radius 1 is 1.12 bits per heavy atom. The van der Waals surface area contributed by atoms with Gasteiger partial charge in [0.2, 0.25) is 5.91 Å². The summed E-state index contributed by atoms with van der Waals surface area (Å²) in [5, 5.41) is 3.06. The maximum Gasteiger partial charge on any atom is 0.357 e. The fraction of sp³-hybridized carbons (Fsp3) is 0.304. The van der Waals surface area contributed by atoms with E-state index in [0.29, 0.717) is 25.1 Å². The highest BCUT2D eigenvalue weighted by Gasteiger charge is 2.19. The maximum absolute atomic E-state index is 12.7. The molecule has 1 aromatic heterocycles. The van der Waals surface area contributed by atoms with E-state index in [9.17, 15) is 13.2 Å². The summed E-state index contributed by atoms with van der Waals surface area (Å²) in [5.41, 5.74) is 3.05. The van der Waals surface area contributed by atoms with Crippen molar-refractivity contribution < 1.29 is 22.5 Å². The highest BCUT2D eigenvalue weighted by atomic mass is 32.2. The number of amides is 1. The minimum atomic E-state index is -4.33. The highest BCUT2D eigenvalue weighted by Crippen LogP contribution is 2.19. The molecule has 0 bridgehead atoms. The molecule has 4 N–H and O–H groups in total. The Balaban J connectivity index is 1.68. The second-order valence-electron chi connectivity index (χ2n) is 7.58. The van der Waals surface area contributed by atoms with E-state index in [-0.39, 0.29) is 17.6 Å². The Bertz CT molecular complexity index is 1160. The van der Waals surface area contributed by atoms with Gasteiger partial charge in [-0.25, -0.2) is 4.98 Å². The summed E-state index contributed by atoms with van der Waals surface area (Å²) in [6.07, 6.45) is 3.96. The third-order valence-electron chi connectivity index (χ3n) is 5.12. The van der Waals surface area contributed by atoms with Gasteiger partial charge >= 0.3 is 10.3 Å². The van der Waals surface area contributed by atoms with Crippen LogP contribution in [0.1, 0.15) is 42.0 Å². The molecule has 3 aromatic rings. The van der Waals surface area contributed by atoms with Crippen LogP contribution in [-0.4, -0.2) is 36.0 Å². The first kappa shape index (κ1) is 24.3. The van der Waals surface area contributed by atoms with Crippen LogP contribution < -0.4 is 14.8 Å². The number of hydrogen-bond donors (Lipinski definition) is 4. The largest absolute Gasteiger partial charge is 0.497 e. The number of benzene rings is 2. The molecule has 0 saturated carbocycles. The van der Waals surface area contributed by atoms with Gasteiger partial charge < -0.3 is 15.0 Å². The molecule has 0 unspecified atom stereocenters. The summed E-state index contributed by atoms with van der Waals surface area (Å²) < 4.78 is 38.0. The number of imidazole rings is 1. The third kappa shape index (κ3) is 7.62. The number of aromatic nitrogens is 2. The standard InChI is InChI=1S/C23H28N4O5S/c1-3-18-15-24-23(25-18)21(14-17-4-9-19(10-5-17)27-33(29,30)31)26-22(28)13-8-16-6-11-20(32-2)12-7-16/h4-7,9-12,15,21,27H,3,8,13-14H2,1-2H3,(H,24,25)(H,26,28)(H,29,30,31)/t21-/m0/s1. The van der Waals surface area contributed by atoms with Crippen LogP contribution in [0, 0.1) is 0 Å². The molecular formula is C23H28N4O5S. The van der Waals surface area contributed by atoms with Gasteiger partial charge in [0.15, 0.2) is 0 Å². The molecule has 0 radical (unpaired) electrons. The molecular weight excluding hydrogens is 444 g/mol. The van der Waals surface area contributed by atoms with E-state index in [1.54, 1.807) is 31.4 Å². The lowest BCUT2D eigenvalue weighted by atomic mass is 10.0. The second kappa shape index (κ2) is 11.0. The monoisotopic (exact) mass is 472 g/mol. The topological polar surface area (TPSA) is 133 Å². The molecule has 1 heterocycles. The average Bonchev–Trinajstić information content (AvgIpc) is 3.27. The summed E-state index contributed by atoms with van der Waals surface area (Å²) in [4.78, 5) is 20.4. The molecule has 176 valence electrons. The SMILES string of the molecule is CCc1c[nH]c([C@H](Cc2ccc(NS(=O)(=O)O)cc2)NC(=O)CCc2ccc(OC)cc2)n1. The van der Waals surface area contributed by atoms with Crippen LogP contribution in [0.5, 0.6) is 5.75 Å². The van der Waals surface area contributed by atoms with Crippen molar-refractivity contribution in [2.45, 2.75) is 38.6 Å². The predicted octanol–water partition coefficient (Wildman–Crippen LogP) is 3.23. The van der Waals surface area contributed by atoms with Crippen molar-refractivity contribution in [2.75, 3.05) is 11.8 Å². The number of carbonyl (C=O) groups excluding carboxylic acids is 1. The van der Waals surface area contributed by atoms with E-state index in [0.717, 1.165) is 29.0 Å². The summed E-state index contributed by atoms with van der Waals surface area (Å²) in [7, 11) is -2.72. The lowest BCUT2D eigenvalue weighted by Gasteiger charge is -2.17. The fourth-order valence-electron chi connectivity index (χ4n) is 3.36. The lowest BCUT2D eigenvalue weighted by Crippen LogP contribution is -2.31. The number of aryl methyl sites for hydroxylation is 2. The normalized spacial score (nSPS) is 12.2. The number of nitrogens with one attached hydrogen (secondary N) is 3. The van der Waals surface area contributed by atoms with Crippen LogP contribution >= 0.6 is 0 Å². The number of carbonyl (C=O) groups is 1. The van der Waals surface area contributed by atoms with Crippen molar-refractivity contribution >= 4 is 21.9 Å².